The average Bonchev–Trinajstić information content (AvgIpc) is 3.35. The second kappa shape index (κ2) is 9.84. The fraction of sp³-hybridized carbons (Fsp3) is 0.259. The lowest BCUT2D eigenvalue weighted by Crippen LogP contribution is -2.48. The molecule has 5 rings (SSSR count). The van der Waals surface area contributed by atoms with Crippen LogP contribution in [0.2, 0.25) is 0 Å². The summed E-state index contributed by atoms with van der Waals surface area (Å²) < 4.78 is 0.578. The molecule has 1 saturated heterocycles. The van der Waals surface area contributed by atoms with Crippen molar-refractivity contribution in [3.63, 3.8) is 0 Å². The van der Waals surface area contributed by atoms with Crippen LogP contribution in [0.4, 0.5) is 0 Å². The topological polar surface area (TPSA) is 86.4 Å². The highest BCUT2D eigenvalue weighted by Gasteiger charge is 2.41. The monoisotopic (exact) mass is 486 g/mol. The van der Waals surface area contributed by atoms with Crippen molar-refractivity contribution in [2.75, 3.05) is 7.05 Å². The highest BCUT2D eigenvalue weighted by Crippen LogP contribution is 2.38. The lowest BCUT2D eigenvalue weighted by molar-refractivity contribution is -0.148. The zero-order chi connectivity index (χ0) is 24.4. The number of carbonyl (C=O) groups is 2. The Morgan fingerprint density at radius 2 is 1.80 bits per heavy atom. The van der Waals surface area contributed by atoms with Gasteiger partial charge in [-0.15, -0.1) is 11.3 Å². The molecule has 1 N–H and O–H groups in total. The number of nitrogens with zero attached hydrogens (tertiary/aromatic N) is 3. The second-order valence-corrected chi connectivity index (χ2v) is 9.77. The first kappa shape index (κ1) is 23.0. The molecule has 35 heavy (non-hydrogen) atoms. The molecule has 2 atom stereocenters. The normalized spacial score (nSPS) is 18.1. The Labute approximate surface area is 207 Å². The van der Waals surface area contributed by atoms with Crippen LogP contribution in [-0.4, -0.2) is 38.6 Å². The highest BCUT2D eigenvalue weighted by molar-refractivity contribution is 7.17. The molecule has 0 saturated carbocycles. The van der Waals surface area contributed by atoms with Crippen LogP contribution < -0.4 is 5.56 Å². The Kier molecular flexibility index (Phi) is 6.46. The zero-order valence-electron chi connectivity index (χ0n) is 19.4. The van der Waals surface area contributed by atoms with E-state index in [2.05, 4.69) is 9.97 Å². The number of aromatic amines is 1. The van der Waals surface area contributed by atoms with Crippen LogP contribution in [0.15, 0.2) is 76.9 Å². The van der Waals surface area contributed by atoms with E-state index in [4.69, 9.17) is 0 Å². The minimum atomic E-state index is -0.402. The van der Waals surface area contributed by atoms with Crippen LogP contribution >= 0.6 is 11.3 Å². The lowest BCUT2D eigenvalue weighted by atomic mass is 9.83. The molecule has 1 fully saturated rings. The predicted octanol–water partition coefficient (Wildman–Crippen LogP) is 4.12. The van der Waals surface area contributed by atoms with Gasteiger partial charge in [0.25, 0.3) is 5.56 Å². The van der Waals surface area contributed by atoms with Gasteiger partial charge in [-0.25, -0.2) is 4.98 Å². The Bertz CT molecular complexity index is 1400. The quantitative estimate of drug-likeness (QED) is 0.444. The summed E-state index contributed by atoms with van der Waals surface area (Å²) >= 11 is 1.35. The maximum Gasteiger partial charge on any atom is 0.268 e. The number of aromatic nitrogens is 2. The number of fused-ring (bicyclic) bond motifs is 1. The first-order valence-electron chi connectivity index (χ1n) is 11.6. The number of rotatable bonds is 6. The van der Waals surface area contributed by atoms with Crippen LogP contribution in [-0.2, 0) is 22.7 Å². The molecule has 2 aromatic heterocycles. The molecule has 2 aromatic carbocycles. The minimum Gasteiger partial charge on any atom is -0.338 e. The van der Waals surface area contributed by atoms with E-state index in [-0.39, 0.29) is 30.0 Å². The molecule has 0 radical (unpaired) electrons. The van der Waals surface area contributed by atoms with Crippen molar-refractivity contribution >= 4 is 33.4 Å². The van der Waals surface area contributed by atoms with Gasteiger partial charge in [0.15, 0.2) is 0 Å². The van der Waals surface area contributed by atoms with Crippen LogP contribution in [0.25, 0.3) is 10.2 Å². The molecule has 4 aromatic rings. The molecule has 1 aliphatic rings. The highest BCUT2D eigenvalue weighted by atomic mass is 32.1. The Hall–Kier alpha value is -3.78. The van der Waals surface area contributed by atoms with Crippen molar-refractivity contribution in [3.8, 4) is 0 Å². The molecule has 7 nitrogen and oxygen atoms in total. The maximum absolute atomic E-state index is 13.8. The Morgan fingerprint density at radius 1 is 1.09 bits per heavy atom. The van der Waals surface area contributed by atoms with Gasteiger partial charge in [0.05, 0.1) is 24.0 Å². The summed E-state index contributed by atoms with van der Waals surface area (Å²) in [6.07, 6.45) is 0.788. The van der Waals surface area contributed by atoms with E-state index < -0.39 is 5.92 Å². The first-order chi connectivity index (χ1) is 17.0. The van der Waals surface area contributed by atoms with Gasteiger partial charge in [-0.1, -0.05) is 60.7 Å². The number of benzene rings is 2. The fourth-order valence-electron chi connectivity index (χ4n) is 4.82. The van der Waals surface area contributed by atoms with Gasteiger partial charge in [-0.2, -0.15) is 0 Å². The predicted molar refractivity (Wildman–Crippen MR) is 136 cm³/mol. The molecule has 8 heteroatoms. The van der Waals surface area contributed by atoms with E-state index in [1.807, 2.05) is 70.9 Å². The molecule has 2 amide bonds. The summed E-state index contributed by atoms with van der Waals surface area (Å²) in [4.78, 5) is 50.0. The summed E-state index contributed by atoms with van der Waals surface area (Å²) in [6.45, 7) is 0.626. The van der Waals surface area contributed by atoms with E-state index >= 15 is 0 Å². The van der Waals surface area contributed by atoms with Crippen molar-refractivity contribution in [2.24, 2.45) is 5.92 Å². The number of thiophene rings is 1. The number of amides is 2. The molecule has 178 valence electrons. The van der Waals surface area contributed by atoms with E-state index in [9.17, 15) is 14.4 Å². The Morgan fingerprint density at radius 3 is 2.54 bits per heavy atom. The summed E-state index contributed by atoms with van der Waals surface area (Å²) in [5.74, 6) is 0.0160. The van der Waals surface area contributed by atoms with Gasteiger partial charge in [-0.3, -0.25) is 14.4 Å². The SMILES string of the molecule is CN(Cc1nc2ccsc2c(=O)[nH]1)C(=O)C1CCC(=O)N(Cc2ccccc2)C1c1ccccc1. The third-order valence-electron chi connectivity index (χ3n) is 6.49. The second-order valence-electron chi connectivity index (χ2n) is 8.85. The van der Waals surface area contributed by atoms with Crippen LogP contribution in [0, 0.1) is 5.92 Å². The van der Waals surface area contributed by atoms with Gasteiger partial charge in [0, 0.05) is 20.0 Å². The average molecular weight is 487 g/mol. The van der Waals surface area contributed by atoms with E-state index in [0.717, 1.165) is 11.1 Å². The third kappa shape index (κ3) is 4.74. The number of hydrogen-bond acceptors (Lipinski definition) is 5. The Balaban J connectivity index is 1.44. The van der Waals surface area contributed by atoms with Crippen molar-refractivity contribution in [1.82, 2.24) is 19.8 Å². The number of H-pyrrole nitrogens is 1. The molecule has 2 unspecified atom stereocenters. The van der Waals surface area contributed by atoms with Crippen molar-refractivity contribution in [2.45, 2.75) is 32.0 Å². The van der Waals surface area contributed by atoms with Crippen molar-refractivity contribution < 1.29 is 9.59 Å². The molecule has 0 aliphatic carbocycles. The van der Waals surface area contributed by atoms with Crippen molar-refractivity contribution in [1.29, 1.82) is 0 Å². The van der Waals surface area contributed by atoms with E-state index in [0.29, 0.717) is 35.4 Å². The molecule has 3 heterocycles. The summed E-state index contributed by atoms with van der Waals surface area (Å²) in [5, 5.41) is 1.83. The summed E-state index contributed by atoms with van der Waals surface area (Å²) in [7, 11) is 1.72. The van der Waals surface area contributed by atoms with E-state index in [1.165, 1.54) is 11.3 Å². The smallest absolute Gasteiger partial charge is 0.268 e. The molecule has 0 bridgehead atoms. The number of piperidine rings is 1. The van der Waals surface area contributed by atoms with Gasteiger partial charge >= 0.3 is 0 Å². The van der Waals surface area contributed by atoms with E-state index in [1.54, 1.807) is 18.0 Å². The van der Waals surface area contributed by atoms with Gasteiger partial charge in [-0.05, 0) is 29.0 Å². The fourth-order valence-corrected chi connectivity index (χ4v) is 5.55. The standard InChI is InChI=1S/C27H26N4O3S/c1-30(17-22-28-21-14-15-35-25(21)26(33)29-22)27(34)20-12-13-23(32)31(16-18-8-4-2-5-9-18)24(20)19-10-6-3-7-11-19/h2-11,14-15,20,24H,12-13,16-17H2,1H3,(H,28,29,33). The van der Waals surface area contributed by atoms with Gasteiger partial charge in [0.1, 0.15) is 10.5 Å². The largest absolute Gasteiger partial charge is 0.338 e. The van der Waals surface area contributed by atoms with Crippen molar-refractivity contribution in [3.05, 3.63) is 99.4 Å². The third-order valence-corrected chi connectivity index (χ3v) is 7.39. The number of nitrogens with one attached hydrogen (secondary N) is 1. The van der Waals surface area contributed by atoms with Crippen LogP contribution in [0.5, 0.6) is 0 Å². The molecular formula is C27H26N4O3S. The zero-order valence-corrected chi connectivity index (χ0v) is 20.2. The van der Waals surface area contributed by atoms with Gasteiger partial charge < -0.3 is 14.8 Å². The number of hydrogen-bond donors (Lipinski definition) is 1. The van der Waals surface area contributed by atoms with Crippen LogP contribution in [0.3, 0.4) is 0 Å². The maximum atomic E-state index is 13.8. The number of likely N-dealkylation sites (tertiary alicyclic amines) is 1. The summed E-state index contributed by atoms with van der Waals surface area (Å²) in [6, 6.07) is 21.0. The molecule has 1 aliphatic heterocycles. The lowest BCUT2D eigenvalue weighted by Gasteiger charge is -2.42. The minimum absolute atomic E-state index is 0.0447. The molecule has 0 spiro atoms. The number of carbonyl (C=O) groups excluding carboxylic acids is 2. The van der Waals surface area contributed by atoms with Gasteiger partial charge in [0.2, 0.25) is 11.8 Å². The molecular weight excluding hydrogens is 460 g/mol. The summed E-state index contributed by atoms with van der Waals surface area (Å²) in [5.41, 5.74) is 2.40. The van der Waals surface area contributed by atoms with Crippen LogP contribution in [0.1, 0.15) is 35.8 Å². The first-order valence-corrected chi connectivity index (χ1v) is 12.5.